The number of aromatic nitrogens is 6. The molecule has 0 aliphatic rings. The number of nitrogens with one attached hydrogen (secondary N) is 2. The van der Waals surface area contributed by atoms with Gasteiger partial charge < -0.3 is 4.74 Å². The SMILES string of the molecule is COC(=O)c1ccc(Sc2ccc(Sc3ncn[nH]3)nc2C(=O)Nc2nccs2)cn1. The van der Waals surface area contributed by atoms with E-state index in [0.29, 0.717) is 20.2 Å². The summed E-state index contributed by atoms with van der Waals surface area (Å²) in [5.41, 5.74) is 0.423. The maximum atomic E-state index is 12.9. The number of hydrogen-bond acceptors (Lipinski definition) is 11. The van der Waals surface area contributed by atoms with Gasteiger partial charge in [-0.05, 0) is 36.0 Å². The molecular formula is C18H13N7O3S3. The van der Waals surface area contributed by atoms with Crippen molar-refractivity contribution in [3.05, 3.63) is 59.8 Å². The fraction of sp³-hybridized carbons (Fsp3) is 0.0556. The molecule has 13 heteroatoms. The van der Waals surface area contributed by atoms with E-state index < -0.39 is 11.9 Å². The largest absolute Gasteiger partial charge is 0.464 e. The van der Waals surface area contributed by atoms with Crippen LogP contribution in [0.1, 0.15) is 21.0 Å². The predicted molar refractivity (Wildman–Crippen MR) is 115 cm³/mol. The van der Waals surface area contributed by atoms with Crippen molar-refractivity contribution < 1.29 is 14.3 Å². The Kier molecular flexibility index (Phi) is 6.54. The number of H-pyrrole nitrogens is 1. The van der Waals surface area contributed by atoms with Crippen LogP contribution in [0.5, 0.6) is 0 Å². The maximum Gasteiger partial charge on any atom is 0.356 e. The van der Waals surface area contributed by atoms with Crippen molar-refractivity contribution in [3.63, 3.8) is 0 Å². The van der Waals surface area contributed by atoms with E-state index >= 15 is 0 Å². The fourth-order valence-corrected chi connectivity index (χ4v) is 4.37. The molecule has 2 N–H and O–H groups in total. The van der Waals surface area contributed by atoms with Gasteiger partial charge in [0.25, 0.3) is 5.91 Å². The molecule has 0 bridgehead atoms. The summed E-state index contributed by atoms with van der Waals surface area (Å²) < 4.78 is 4.66. The number of hydrogen-bond donors (Lipinski definition) is 2. The van der Waals surface area contributed by atoms with Crippen LogP contribution >= 0.6 is 34.9 Å². The lowest BCUT2D eigenvalue weighted by Crippen LogP contribution is -2.15. The van der Waals surface area contributed by atoms with Crippen molar-refractivity contribution >= 4 is 51.9 Å². The average Bonchev–Trinajstić information content (AvgIpc) is 3.49. The lowest BCUT2D eigenvalue weighted by Gasteiger charge is -2.10. The summed E-state index contributed by atoms with van der Waals surface area (Å²) in [7, 11) is 1.30. The Bertz CT molecular complexity index is 1180. The summed E-state index contributed by atoms with van der Waals surface area (Å²) in [6.07, 6.45) is 4.54. The topological polar surface area (TPSA) is 136 Å². The molecular weight excluding hydrogens is 458 g/mol. The summed E-state index contributed by atoms with van der Waals surface area (Å²) in [5.74, 6) is -0.910. The van der Waals surface area contributed by atoms with E-state index in [0.717, 1.165) is 4.90 Å². The minimum absolute atomic E-state index is 0.200. The second-order valence-corrected chi connectivity index (χ2v) is 8.67. The molecule has 0 aliphatic heterocycles. The van der Waals surface area contributed by atoms with Crippen LogP contribution in [0.4, 0.5) is 5.13 Å². The summed E-state index contributed by atoms with van der Waals surface area (Å²) in [5, 5.41) is 12.7. The fourth-order valence-electron chi connectivity index (χ4n) is 2.31. The maximum absolute atomic E-state index is 12.9. The molecule has 0 radical (unpaired) electrons. The average molecular weight is 472 g/mol. The van der Waals surface area contributed by atoms with Gasteiger partial charge in [-0.2, -0.15) is 5.10 Å². The Labute approximate surface area is 188 Å². The molecule has 156 valence electrons. The highest BCUT2D eigenvalue weighted by atomic mass is 32.2. The van der Waals surface area contributed by atoms with Crippen molar-refractivity contribution in [2.75, 3.05) is 12.4 Å². The quantitative estimate of drug-likeness (QED) is 0.386. The summed E-state index contributed by atoms with van der Waals surface area (Å²) in [6.45, 7) is 0. The number of methoxy groups -OCH3 is 1. The van der Waals surface area contributed by atoms with Gasteiger partial charge in [-0.3, -0.25) is 15.2 Å². The minimum atomic E-state index is -0.518. The first-order valence-electron chi connectivity index (χ1n) is 8.59. The number of carbonyl (C=O) groups excluding carboxylic acids is 2. The smallest absolute Gasteiger partial charge is 0.356 e. The van der Waals surface area contributed by atoms with Gasteiger partial charge >= 0.3 is 5.97 Å². The van der Waals surface area contributed by atoms with Gasteiger partial charge in [0, 0.05) is 27.6 Å². The second-order valence-electron chi connectivity index (χ2n) is 5.65. The van der Waals surface area contributed by atoms with Crippen LogP contribution in [0.25, 0.3) is 0 Å². The Morgan fingerprint density at radius 3 is 2.71 bits per heavy atom. The highest BCUT2D eigenvalue weighted by molar-refractivity contribution is 7.99. The van der Waals surface area contributed by atoms with E-state index in [2.05, 4.69) is 40.2 Å². The number of rotatable bonds is 7. The summed E-state index contributed by atoms with van der Waals surface area (Å²) in [4.78, 5) is 42.6. The van der Waals surface area contributed by atoms with Gasteiger partial charge in [-0.15, -0.1) is 11.3 Å². The molecule has 0 spiro atoms. The zero-order valence-corrected chi connectivity index (χ0v) is 18.3. The van der Waals surface area contributed by atoms with E-state index in [4.69, 9.17) is 0 Å². The van der Waals surface area contributed by atoms with E-state index in [1.54, 1.807) is 35.8 Å². The molecule has 0 saturated heterocycles. The highest BCUT2D eigenvalue weighted by Crippen LogP contribution is 2.32. The lowest BCUT2D eigenvalue weighted by molar-refractivity contribution is 0.0593. The summed E-state index contributed by atoms with van der Waals surface area (Å²) >= 11 is 3.86. The van der Waals surface area contributed by atoms with Gasteiger partial charge in [0.05, 0.1) is 7.11 Å². The van der Waals surface area contributed by atoms with Crippen LogP contribution in [0.15, 0.2) is 68.3 Å². The summed E-state index contributed by atoms with van der Waals surface area (Å²) in [6, 6.07) is 6.86. The van der Waals surface area contributed by atoms with Crippen LogP contribution in [0.2, 0.25) is 0 Å². The zero-order valence-electron chi connectivity index (χ0n) is 15.8. The van der Waals surface area contributed by atoms with Crippen molar-refractivity contribution in [2.24, 2.45) is 0 Å². The first-order chi connectivity index (χ1) is 15.1. The molecule has 0 aromatic carbocycles. The molecule has 0 atom stereocenters. The molecule has 4 heterocycles. The van der Waals surface area contributed by atoms with Crippen molar-refractivity contribution in [1.29, 1.82) is 0 Å². The predicted octanol–water partition coefficient (Wildman–Crippen LogP) is 3.39. The molecule has 4 aromatic heterocycles. The third-order valence-corrected chi connectivity index (χ3v) is 6.20. The number of amides is 1. The second kappa shape index (κ2) is 9.68. The van der Waals surface area contributed by atoms with E-state index in [-0.39, 0.29) is 11.4 Å². The number of carbonyl (C=O) groups is 2. The Hall–Kier alpha value is -3.29. The van der Waals surface area contributed by atoms with Crippen molar-refractivity contribution in [2.45, 2.75) is 20.0 Å². The Morgan fingerprint density at radius 2 is 2.03 bits per heavy atom. The van der Waals surface area contributed by atoms with Crippen LogP contribution in [-0.2, 0) is 4.74 Å². The number of anilines is 1. The van der Waals surface area contributed by atoms with Crippen molar-refractivity contribution in [3.8, 4) is 0 Å². The number of nitrogens with zero attached hydrogens (tertiary/aromatic N) is 5. The van der Waals surface area contributed by atoms with E-state index in [9.17, 15) is 9.59 Å². The molecule has 10 nitrogen and oxygen atoms in total. The Balaban J connectivity index is 1.61. The van der Waals surface area contributed by atoms with Crippen LogP contribution in [0, 0.1) is 0 Å². The van der Waals surface area contributed by atoms with Crippen LogP contribution in [-0.4, -0.2) is 49.1 Å². The van der Waals surface area contributed by atoms with Crippen LogP contribution < -0.4 is 5.32 Å². The first-order valence-corrected chi connectivity index (χ1v) is 11.1. The van der Waals surface area contributed by atoms with Crippen molar-refractivity contribution in [1.82, 2.24) is 30.1 Å². The molecule has 4 rings (SSSR count). The lowest BCUT2D eigenvalue weighted by atomic mass is 10.3. The molecule has 0 aliphatic carbocycles. The van der Waals surface area contributed by atoms with Crippen LogP contribution in [0.3, 0.4) is 0 Å². The normalized spacial score (nSPS) is 10.6. The van der Waals surface area contributed by atoms with Gasteiger partial charge in [0.2, 0.25) is 0 Å². The Morgan fingerprint density at radius 1 is 1.13 bits per heavy atom. The van der Waals surface area contributed by atoms with E-state index in [1.807, 2.05) is 0 Å². The third-order valence-electron chi connectivity index (χ3n) is 3.65. The monoisotopic (exact) mass is 471 g/mol. The number of esters is 1. The minimum Gasteiger partial charge on any atom is -0.464 e. The van der Waals surface area contributed by atoms with Gasteiger partial charge in [0.15, 0.2) is 10.3 Å². The van der Waals surface area contributed by atoms with E-state index in [1.165, 1.54) is 54.5 Å². The number of pyridine rings is 2. The molecule has 0 fully saturated rings. The highest BCUT2D eigenvalue weighted by Gasteiger charge is 2.18. The van der Waals surface area contributed by atoms with Gasteiger partial charge in [0.1, 0.15) is 22.7 Å². The number of ether oxygens (including phenoxy) is 1. The first kappa shape index (κ1) is 21.0. The van der Waals surface area contributed by atoms with Gasteiger partial charge in [-0.1, -0.05) is 11.8 Å². The number of aromatic amines is 1. The standard InChI is InChI=1S/C18H13N7O3S3/c1-28-16(27)11-3-2-10(8-20-11)30-12-4-5-13(31-18-21-9-22-25-18)23-14(12)15(26)24-17-19-6-7-29-17/h2-9H,1H3,(H,19,24,26)(H,21,22,25). The molecule has 31 heavy (non-hydrogen) atoms. The van der Waals surface area contributed by atoms with Gasteiger partial charge in [-0.25, -0.2) is 24.7 Å². The zero-order chi connectivity index (χ0) is 21.6. The number of thiazole rings is 1. The third kappa shape index (κ3) is 5.25. The molecule has 1 amide bonds. The molecule has 0 unspecified atom stereocenters. The molecule has 0 saturated carbocycles. The molecule has 4 aromatic rings.